The van der Waals surface area contributed by atoms with Crippen molar-refractivity contribution in [3.63, 3.8) is 0 Å². The molecule has 2 N–H and O–H groups in total. The number of hydrogen-bond acceptors (Lipinski definition) is 7. The predicted octanol–water partition coefficient (Wildman–Crippen LogP) is 0.544. The molecule has 0 radical (unpaired) electrons. The second-order valence-corrected chi connectivity index (χ2v) is 9.81. The smallest absolute Gasteiger partial charge is 0.241 e. The van der Waals surface area contributed by atoms with Gasteiger partial charge in [0.15, 0.2) is 11.6 Å². The van der Waals surface area contributed by atoms with E-state index in [2.05, 4.69) is 10.6 Å². The number of nitrogens with one attached hydrogen (secondary N) is 2. The summed E-state index contributed by atoms with van der Waals surface area (Å²) in [5.74, 6) is 1.21. The highest BCUT2D eigenvalue weighted by atomic mass is 32.2. The van der Waals surface area contributed by atoms with Gasteiger partial charge in [0, 0.05) is 11.8 Å². The van der Waals surface area contributed by atoms with Gasteiger partial charge in [-0.1, -0.05) is 0 Å². The van der Waals surface area contributed by atoms with Gasteiger partial charge in [-0.15, -0.1) is 11.8 Å². The molecule has 0 spiro atoms. The van der Waals surface area contributed by atoms with Gasteiger partial charge in [-0.25, -0.2) is 0 Å². The Morgan fingerprint density at radius 3 is 1.90 bits per heavy atom. The van der Waals surface area contributed by atoms with Gasteiger partial charge >= 0.3 is 0 Å². The van der Waals surface area contributed by atoms with E-state index in [4.69, 9.17) is 0 Å². The Kier molecular flexibility index (Phi) is 7.57. The third-order valence-electron chi connectivity index (χ3n) is 6.83. The molecule has 0 bridgehead atoms. The molecule has 8 nitrogen and oxygen atoms in total. The highest BCUT2D eigenvalue weighted by molar-refractivity contribution is 8.00. The number of carbonyl (C=O) groups excluding carboxylic acids is 4. The van der Waals surface area contributed by atoms with Crippen LogP contribution in [0.3, 0.4) is 0 Å². The zero-order valence-electron chi connectivity index (χ0n) is 18.3. The standard InChI is InChI=1S/C11H18N2O2.C10H16N2O2S/c1-7(14)10-6-4-8-3-5-9(12-2)11(15)13(8)10;1-6(13)8-5-15-9-4-3-7(11-2)10(14)12(8)9/h8-10,12H,3-6H2,1-2H3;7-9,11H,3-5H2,1-2H3/t8-,9-,10-;7-,8-,9-/m00/s1. The summed E-state index contributed by atoms with van der Waals surface area (Å²) in [4.78, 5) is 50.6. The average molecular weight is 439 g/mol. The molecule has 4 heterocycles. The van der Waals surface area contributed by atoms with Gasteiger partial charge in [-0.05, 0) is 66.5 Å². The predicted molar refractivity (Wildman–Crippen MR) is 116 cm³/mol. The van der Waals surface area contributed by atoms with Crippen molar-refractivity contribution in [1.82, 2.24) is 20.4 Å². The van der Waals surface area contributed by atoms with Crippen LogP contribution in [0.2, 0.25) is 0 Å². The van der Waals surface area contributed by atoms with Crippen molar-refractivity contribution in [2.75, 3.05) is 19.8 Å². The van der Waals surface area contributed by atoms with Crippen LogP contribution < -0.4 is 10.6 Å². The number of piperidine rings is 2. The van der Waals surface area contributed by atoms with E-state index in [-0.39, 0.29) is 52.9 Å². The first kappa shape index (κ1) is 23.2. The number of hydrogen-bond donors (Lipinski definition) is 2. The van der Waals surface area contributed by atoms with Crippen LogP contribution in [0.5, 0.6) is 0 Å². The summed E-state index contributed by atoms with van der Waals surface area (Å²) in [6.45, 7) is 3.16. The molecule has 0 aromatic carbocycles. The first-order chi connectivity index (χ1) is 14.3. The van der Waals surface area contributed by atoms with Gasteiger partial charge in [0.05, 0.1) is 23.5 Å². The average Bonchev–Trinajstić information content (AvgIpc) is 3.34. The number of fused-ring (bicyclic) bond motifs is 2. The number of rotatable bonds is 4. The second kappa shape index (κ2) is 9.78. The maximum Gasteiger partial charge on any atom is 0.241 e. The Labute approximate surface area is 182 Å². The largest absolute Gasteiger partial charge is 0.328 e. The van der Waals surface area contributed by atoms with E-state index in [0.717, 1.165) is 44.3 Å². The lowest BCUT2D eigenvalue weighted by molar-refractivity contribution is -0.143. The molecule has 30 heavy (non-hydrogen) atoms. The molecule has 4 rings (SSSR count). The number of amides is 2. The quantitative estimate of drug-likeness (QED) is 0.661. The van der Waals surface area contributed by atoms with E-state index < -0.39 is 0 Å². The zero-order valence-corrected chi connectivity index (χ0v) is 19.2. The first-order valence-electron chi connectivity index (χ1n) is 10.9. The van der Waals surface area contributed by atoms with Gasteiger partial charge in [0.1, 0.15) is 6.04 Å². The van der Waals surface area contributed by atoms with E-state index >= 15 is 0 Å². The van der Waals surface area contributed by atoms with Crippen LogP contribution in [-0.2, 0) is 19.2 Å². The van der Waals surface area contributed by atoms with Crippen LogP contribution in [0, 0.1) is 0 Å². The Balaban J connectivity index is 0.000000171. The molecule has 0 saturated carbocycles. The van der Waals surface area contributed by atoms with Crippen molar-refractivity contribution < 1.29 is 19.2 Å². The van der Waals surface area contributed by atoms with E-state index in [1.54, 1.807) is 37.6 Å². The monoisotopic (exact) mass is 438 g/mol. The molecule has 6 atom stereocenters. The minimum Gasteiger partial charge on any atom is -0.328 e. The topological polar surface area (TPSA) is 98.8 Å². The molecule has 0 aromatic heterocycles. The maximum absolute atomic E-state index is 12.1. The molecule has 0 aromatic rings. The van der Waals surface area contributed by atoms with E-state index in [0.29, 0.717) is 6.04 Å². The van der Waals surface area contributed by atoms with Crippen molar-refractivity contribution in [2.24, 2.45) is 0 Å². The van der Waals surface area contributed by atoms with Crippen molar-refractivity contribution in [3.8, 4) is 0 Å². The number of carbonyl (C=O) groups is 4. The minimum atomic E-state index is -0.191. The van der Waals surface area contributed by atoms with E-state index in [1.165, 1.54) is 0 Å². The Morgan fingerprint density at radius 2 is 1.33 bits per heavy atom. The van der Waals surface area contributed by atoms with E-state index in [9.17, 15) is 19.2 Å². The van der Waals surface area contributed by atoms with Crippen molar-refractivity contribution in [3.05, 3.63) is 0 Å². The van der Waals surface area contributed by atoms with Gasteiger partial charge < -0.3 is 20.4 Å². The molecular weight excluding hydrogens is 404 g/mol. The van der Waals surface area contributed by atoms with E-state index in [1.807, 2.05) is 11.9 Å². The molecule has 9 heteroatoms. The summed E-state index contributed by atoms with van der Waals surface area (Å²) < 4.78 is 0. The summed E-state index contributed by atoms with van der Waals surface area (Å²) in [7, 11) is 3.61. The highest BCUT2D eigenvalue weighted by Gasteiger charge is 2.45. The van der Waals surface area contributed by atoms with Gasteiger partial charge in [-0.2, -0.15) is 0 Å². The second-order valence-electron chi connectivity index (χ2n) is 8.60. The molecule has 4 fully saturated rings. The summed E-state index contributed by atoms with van der Waals surface area (Å²) in [5, 5.41) is 6.27. The molecule has 4 saturated heterocycles. The summed E-state index contributed by atoms with van der Waals surface area (Å²) in [6.07, 6.45) is 5.65. The molecule has 0 aliphatic carbocycles. The molecule has 4 aliphatic heterocycles. The third kappa shape index (κ3) is 4.43. The van der Waals surface area contributed by atoms with Crippen LogP contribution >= 0.6 is 11.8 Å². The lowest BCUT2D eigenvalue weighted by Gasteiger charge is -2.37. The van der Waals surface area contributed by atoms with Crippen LogP contribution in [0.1, 0.15) is 52.4 Å². The van der Waals surface area contributed by atoms with Crippen LogP contribution in [0.25, 0.3) is 0 Å². The fraction of sp³-hybridized carbons (Fsp3) is 0.810. The third-order valence-corrected chi connectivity index (χ3v) is 8.18. The number of Topliss-reactive ketones (excluding diaryl/α,β-unsaturated/α-hetero) is 2. The molecular formula is C21H34N4O4S. The Morgan fingerprint density at radius 1 is 0.800 bits per heavy atom. The lowest BCUT2D eigenvalue weighted by Crippen LogP contribution is -2.55. The Bertz CT molecular complexity index is 644. The number of ketones is 2. The fourth-order valence-corrected chi connectivity index (χ4v) is 6.62. The van der Waals surface area contributed by atoms with Gasteiger partial charge in [0.2, 0.25) is 11.8 Å². The zero-order chi connectivity index (χ0) is 22.0. The molecule has 168 valence electrons. The van der Waals surface area contributed by atoms with Crippen molar-refractivity contribution in [2.45, 2.75) is 88.0 Å². The summed E-state index contributed by atoms with van der Waals surface area (Å²) >= 11 is 1.74. The van der Waals surface area contributed by atoms with Crippen LogP contribution in [0.4, 0.5) is 0 Å². The summed E-state index contributed by atoms with van der Waals surface area (Å²) in [5.41, 5.74) is 0. The highest BCUT2D eigenvalue weighted by Crippen LogP contribution is 2.36. The number of thioether (sulfide) groups is 1. The molecule has 4 aliphatic rings. The first-order valence-corrected chi connectivity index (χ1v) is 12.0. The lowest BCUT2D eigenvalue weighted by atomic mass is 9.98. The normalized spacial score (nSPS) is 35.5. The van der Waals surface area contributed by atoms with Crippen LogP contribution in [-0.4, -0.2) is 88.6 Å². The fourth-order valence-electron chi connectivity index (χ4n) is 5.10. The van der Waals surface area contributed by atoms with Crippen molar-refractivity contribution >= 4 is 35.1 Å². The number of nitrogens with zero attached hydrogens (tertiary/aromatic N) is 2. The van der Waals surface area contributed by atoms with Gasteiger partial charge in [-0.3, -0.25) is 19.2 Å². The minimum absolute atomic E-state index is 0.0822. The molecule has 2 amide bonds. The number of likely N-dealkylation sites (N-methyl/N-ethyl adjacent to an activating group) is 2. The maximum atomic E-state index is 12.1. The Hall–Kier alpha value is -1.45. The van der Waals surface area contributed by atoms with Crippen molar-refractivity contribution in [1.29, 1.82) is 0 Å². The van der Waals surface area contributed by atoms with Crippen LogP contribution in [0.15, 0.2) is 0 Å². The SMILES string of the molecule is CN[C@H]1CC[C@@H]2SC[C@@H](C(C)=O)N2C1=O.CN[C@H]1CC[C@H]2CC[C@@H](C(C)=O)N2C1=O. The molecule has 0 unspecified atom stereocenters. The summed E-state index contributed by atoms with van der Waals surface area (Å²) in [6, 6.07) is -0.207. The van der Waals surface area contributed by atoms with Gasteiger partial charge in [0.25, 0.3) is 0 Å².